The summed E-state index contributed by atoms with van der Waals surface area (Å²) in [5.74, 6) is 1.79. The van der Waals surface area contributed by atoms with Gasteiger partial charge in [0.15, 0.2) is 5.65 Å². The SMILES string of the molecule is Cc1cc(NCC2(C(C)C)CC2)n2ncnc2c1. The number of rotatable bonds is 4. The summed E-state index contributed by atoms with van der Waals surface area (Å²) in [6.07, 6.45) is 4.28. The van der Waals surface area contributed by atoms with Crippen LogP contribution in [0.3, 0.4) is 0 Å². The van der Waals surface area contributed by atoms with Crippen molar-refractivity contribution in [3.8, 4) is 0 Å². The molecule has 1 N–H and O–H groups in total. The van der Waals surface area contributed by atoms with E-state index in [4.69, 9.17) is 0 Å². The minimum atomic E-state index is 0.497. The van der Waals surface area contributed by atoms with E-state index >= 15 is 0 Å². The van der Waals surface area contributed by atoms with Gasteiger partial charge in [-0.25, -0.2) is 4.98 Å². The second-order valence-corrected chi connectivity index (χ2v) is 5.82. The van der Waals surface area contributed by atoms with Crippen LogP contribution < -0.4 is 5.32 Å². The average molecular weight is 244 g/mol. The molecule has 1 saturated carbocycles. The molecule has 0 unspecified atom stereocenters. The smallest absolute Gasteiger partial charge is 0.157 e. The van der Waals surface area contributed by atoms with Crippen LogP contribution in [0.25, 0.3) is 5.65 Å². The van der Waals surface area contributed by atoms with E-state index in [1.165, 1.54) is 18.4 Å². The van der Waals surface area contributed by atoms with Crippen LogP contribution in [-0.2, 0) is 0 Å². The van der Waals surface area contributed by atoms with Gasteiger partial charge in [0.05, 0.1) is 0 Å². The number of hydrogen-bond acceptors (Lipinski definition) is 3. The van der Waals surface area contributed by atoms with Crippen LogP contribution in [0.1, 0.15) is 32.3 Å². The lowest BCUT2D eigenvalue weighted by Crippen LogP contribution is -2.22. The summed E-state index contributed by atoms with van der Waals surface area (Å²) < 4.78 is 1.88. The number of anilines is 1. The molecule has 0 atom stereocenters. The summed E-state index contributed by atoms with van der Waals surface area (Å²) in [5, 5.41) is 7.83. The Morgan fingerprint density at radius 3 is 2.83 bits per heavy atom. The molecule has 3 rings (SSSR count). The lowest BCUT2D eigenvalue weighted by atomic mass is 9.92. The molecule has 1 aliphatic carbocycles. The van der Waals surface area contributed by atoms with E-state index in [1.54, 1.807) is 6.33 Å². The lowest BCUT2D eigenvalue weighted by Gasteiger charge is -2.21. The van der Waals surface area contributed by atoms with Crippen molar-refractivity contribution in [3.63, 3.8) is 0 Å². The van der Waals surface area contributed by atoms with Crippen molar-refractivity contribution < 1.29 is 0 Å². The van der Waals surface area contributed by atoms with Gasteiger partial charge in [-0.2, -0.15) is 9.61 Å². The number of nitrogens with one attached hydrogen (secondary N) is 1. The highest BCUT2D eigenvalue weighted by Gasteiger charge is 2.44. The Morgan fingerprint density at radius 2 is 2.17 bits per heavy atom. The second kappa shape index (κ2) is 3.97. The molecule has 0 saturated heterocycles. The first-order valence-corrected chi connectivity index (χ1v) is 6.65. The van der Waals surface area contributed by atoms with E-state index in [0.29, 0.717) is 5.41 Å². The number of aryl methyl sites for hydroxylation is 1. The third-order valence-corrected chi connectivity index (χ3v) is 4.26. The Hall–Kier alpha value is -1.58. The maximum absolute atomic E-state index is 4.27. The first kappa shape index (κ1) is 11.5. The van der Waals surface area contributed by atoms with Crippen LogP contribution in [0.2, 0.25) is 0 Å². The first-order valence-electron chi connectivity index (χ1n) is 6.65. The monoisotopic (exact) mass is 244 g/mol. The van der Waals surface area contributed by atoms with Gasteiger partial charge in [0.2, 0.25) is 0 Å². The molecule has 2 heterocycles. The summed E-state index contributed by atoms with van der Waals surface area (Å²) >= 11 is 0. The molecule has 2 aromatic heterocycles. The molecular formula is C14H20N4. The minimum Gasteiger partial charge on any atom is -0.369 e. The number of nitrogens with zero attached hydrogens (tertiary/aromatic N) is 3. The van der Waals surface area contributed by atoms with Crippen molar-refractivity contribution in [1.82, 2.24) is 14.6 Å². The Labute approximate surface area is 107 Å². The minimum absolute atomic E-state index is 0.497. The van der Waals surface area contributed by atoms with E-state index in [0.717, 1.165) is 23.9 Å². The second-order valence-electron chi connectivity index (χ2n) is 5.82. The quantitative estimate of drug-likeness (QED) is 0.899. The lowest BCUT2D eigenvalue weighted by molar-refractivity contribution is 0.379. The Morgan fingerprint density at radius 1 is 1.39 bits per heavy atom. The van der Waals surface area contributed by atoms with Crippen molar-refractivity contribution in [2.45, 2.75) is 33.6 Å². The Kier molecular flexibility index (Phi) is 2.54. The molecule has 4 heteroatoms. The average Bonchev–Trinajstić information content (AvgIpc) is 2.98. The fraction of sp³-hybridized carbons (Fsp3) is 0.571. The zero-order chi connectivity index (χ0) is 12.8. The first-order chi connectivity index (χ1) is 8.61. The van der Waals surface area contributed by atoms with E-state index in [2.05, 4.69) is 42.2 Å². The van der Waals surface area contributed by atoms with Crippen LogP contribution in [0.5, 0.6) is 0 Å². The number of pyridine rings is 1. The molecule has 0 bridgehead atoms. The van der Waals surface area contributed by atoms with Gasteiger partial charge in [-0.15, -0.1) is 0 Å². The highest BCUT2D eigenvalue weighted by molar-refractivity contribution is 5.51. The highest BCUT2D eigenvalue weighted by atomic mass is 15.3. The van der Waals surface area contributed by atoms with Gasteiger partial charge in [-0.1, -0.05) is 13.8 Å². The van der Waals surface area contributed by atoms with Gasteiger partial charge in [0, 0.05) is 6.54 Å². The van der Waals surface area contributed by atoms with Crippen LogP contribution in [-0.4, -0.2) is 21.1 Å². The summed E-state index contributed by atoms with van der Waals surface area (Å²) in [7, 11) is 0. The molecule has 0 aromatic carbocycles. The predicted molar refractivity (Wildman–Crippen MR) is 72.7 cm³/mol. The maximum Gasteiger partial charge on any atom is 0.157 e. The van der Waals surface area contributed by atoms with Crippen molar-refractivity contribution in [2.24, 2.45) is 11.3 Å². The van der Waals surface area contributed by atoms with Crippen LogP contribution in [0, 0.1) is 18.3 Å². The third kappa shape index (κ3) is 1.85. The Balaban J connectivity index is 1.84. The molecular weight excluding hydrogens is 224 g/mol. The normalized spacial score (nSPS) is 17.3. The maximum atomic E-state index is 4.27. The summed E-state index contributed by atoms with van der Waals surface area (Å²) in [5.41, 5.74) is 2.62. The number of fused-ring (bicyclic) bond motifs is 1. The van der Waals surface area contributed by atoms with Gasteiger partial charge in [0.1, 0.15) is 12.1 Å². The van der Waals surface area contributed by atoms with Crippen molar-refractivity contribution in [3.05, 3.63) is 24.0 Å². The van der Waals surface area contributed by atoms with Crippen molar-refractivity contribution in [1.29, 1.82) is 0 Å². The molecule has 0 amide bonds. The number of aromatic nitrogens is 3. The molecule has 18 heavy (non-hydrogen) atoms. The van der Waals surface area contributed by atoms with Crippen LogP contribution >= 0.6 is 0 Å². The largest absolute Gasteiger partial charge is 0.369 e. The van der Waals surface area contributed by atoms with Crippen molar-refractivity contribution >= 4 is 11.5 Å². The Bertz CT molecular complexity index is 566. The molecule has 0 aliphatic heterocycles. The van der Waals surface area contributed by atoms with Gasteiger partial charge < -0.3 is 5.32 Å². The molecule has 1 aliphatic rings. The molecule has 0 radical (unpaired) electrons. The van der Waals surface area contributed by atoms with Crippen molar-refractivity contribution in [2.75, 3.05) is 11.9 Å². The van der Waals surface area contributed by atoms with E-state index < -0.39 is 0 Å². The van der Waals surface area contributed by atoms with Gasteiger partial charge in [0.25, 0.3) is 0 Å². The van der Waals surface area contributed by atoms with Crippen LogP contribution in [0.4, 0.5) is 5.82 Å². The highest BCUT2D eigenvalue weighted by Crippen LogP contribution is 2.51. The van der Waals surface area contributed by atoms with Gasteiger partial charge >= 0.3 is 0 Å². The molecule has 2 aromatic rings. The zero-order valence-corrected chi connectivity index (χ0v) is 11.3. The number of hydrogen-bond donors (Lipinski definition) is 1. The van der Waals surface area contributed by atoms with E-state index in [1.807, 2.05) is 10.6 Å². The zero-order valence-electron chi connectivity index (χ0n) is 11.3. The van der Waals surface area contributed by atoms with E-state index in [-0.39, 0.29) is 0 Å². The fourth-order valence-corrected chi connectivity index (χ4v) is 2.57. The fourth-order valence-electron chi connectivity index (χ4n) is 2.57. The third-order valence-electron chi connectivity index (χ3n) is 4.26. The van der Waals surface area contributed by atoms with Gasteiger partial charge in [-0.05, 0) is 48.8 Å². The molecule has 4 nitrogen and oxygen atoms in total. The summed E-state index contributed by atoms with van der Waals surface area (Å²) in [6.45, 7) is 7.75. The predicted octanol–water partition coefficient (Wildman–Crippen LogP) is 2.89. The molecule has 0 spiro atoms. The summed E-state index contributed by atoms with van der Waals surface area (Å²) in [6, 6.07) is 4.19. The van der Waals surface area contributed by atoms with E-state index in [9.17, 15) is 0 Å². The van der Waals surface area contributed by atoms with Crippen LogP contribution in [0.15, 0.2) is 18.5 Å². The van der Waals surface area contributed by atoms with Gasteiger partial charge in [-0.3, -0.25) is 0 Å². The topological polar surface area (TPSA) is 42.2 Å². The molecule has 1 fully saturated rings. The standard InChI is InChI=1S/C14H20N4/c1-10(2)14(4-5-14)8-15-12-6-11(3)7-13-16-9-17-18(12)13/h6-7,9-10,15H,4-5,8H2,1-3H3. The molecule has 96 valence electrons. The summed E-state index contributed by atoms with van der Waals surface area (Å²) in [4.78, 5) is 4.25.